The fourth-order valence-electron chi connectivity index (χ4n) is 2.57. The van der Waals surface area contributed by atoms with E-state index in [0.29, 0.717) is 18.2 Å². The number of nitrogens with zero attached hydrogens (tertiary/aromatic N) is 1. The van der Waals surface area contributed by atoms with E-state index in [0.717, 1.165) is 5.56 Å². The van der Waals surface area contributed by atoms with Crippen molar-refractivity contribution >= 4 is 15.7 Å². The average Bonchev–Trinajstić information content (AvgIpc) is 3.13. The summed E-state index contributed by atoms with van der Waals surface area (Å²) < 4.78 is 37.3. The molecule has 7 heteroatoms. The quantitative estimate of drug-likeness (QED) is 0.659. The summed E-state index contributed by atoms with van der Waals surface area (Å²) in [7, 11) is -2.33. The number of anilines is 1. The molecule has 0 aliphatic heterocycles. The molecule has 0 amide bonds. The lowest BCUT2D eigenvalue weighted by Gasteiger charge is -2.12. The van der Waals surface area contributed by atoms with Crippen LogP contribution in [0.5, 0.6) is 5.75 Å². The van der Waals surface area contributed by atoms with E-state index in [1.54, 1.807) is 12.1 Å². The third kappa shape index (κ3) is 4.20. The van der Waals surface area contributed by atoms with Crippen LogP contribution in [-0.4, -0.2) is 20.5 Å². The third-order valence-electron chi connectivity index (χ3n) is 4.16. The molecule has 0 aliphatic rings. The van der Waals surface area contributed by atoms with E-state index in [2.05, 4.69) is 10.3 Å². The SMILES string of the molecule is COc1ccc(S(=O)(=O)c2nc(C(C)(C)C)oc2NCc2ccccc2)cc1. The van der Waals surface area contributed by atoms with E-state index in [9.17, 15) is 8.42 Å². The van der Waals surface area contributed by atoms with Gasteiger partial charge in [-0.15, -0.1) is 0 Å². The van der Waals surface area contributed by atoms with Crippen molar-refractivity contribution in [3.05, 3.63) is 66.1 Å². The van der Waals surface area contributed by atoms with Crippen LogP contribution in [0.2, 0.25) is 0 Å². The smallest absolute Gasteiger partial charge is 0.233 e. The molecule has 3 rings (SSSR count). The Hall–Kier alpha value is -2.80. The van der Waals surface area contributed by atoms with Crippen molar-refractivity contribution in [1.29, 1.82) is 0 Å². The Balaban J connectivity index is 2.00. The molecule has 6 nitrogen and oxygen atoms in total. The minimum absolute atomic E-state index is 0.112. The molecule has 1 heterocycles. The van der Waals surface area contributed by atoms with Crippen molar-refractivity contribution in [2.75, 3.05) is 12.4 Å². The van der Waals surface area contributed by atoms with Gasteiger partial charge in [-0.3, -0.25) is 0 Å². The van der Waals surface area contributed by atoms with Gasteiger partial charge in [0.25, 0.3) is 0 Å². The summed E-state index contributed by atoms with van der Waals surface area (Å²) >= 11 is 0. The van der Waals surface area contributed by atoms with Crippen LogP contribution >= 0.6 is 0 Å². The molecule has 0 atom stereocenters. The number of sulfone groups is 1. The van der Waals surface area contributed by atoms with Gasteiger partial charge in [0.15, 0.2) is 0 Å². The molecular weight excluding hydrogens is 376 g/mol. The van der Waals surface area contributed by atoms with Gasteiger partial charge in [0.05, 0.1) is 12.0 Å². The van der Waals surface area contributed by atoms with Gasteiger partial charge >= 0.3 is 0 Å². The topological polar surface area (TPSA) is 81.4 Å². The van der Waals surface area contributed by atoms with Crippen LogP contribution in [0.15, 0.2) is 68.9 Å². The largest absolute Gasteiger partial charge is 0.497 e. The standard InChI is InChI=1S/C21H24N2O4S/c1-21(2,3)20-23-19(18(27-20)22-14-15-8-6-5-7-9-15)28(24,25)17-12-10-16(26-4)11-13-17/h5-13,22H,14H2,1-4H3. The molecule has 1 aromatic heterocycles. The Morgan fingerprint density at radius 3 is 2.25 bits per heavy atom. The monoisotopic (exact) mass is 400 g/mol. The van der Waals surface area contributed by atoms with Crippen molar-refractivity contribution in [1.82, 2.24) is 4.98 Å². The molecule has 0 aliphatic carbocycles. The molecular formula is C21H24N2O4S. The second kappa shape index (κ2) is 7.67. The molecule has 1 N–H and O–H groups in total. The zero-order chi connectivity index (χ0) is 20.4. The lowest BCUT2D eigenvalue weighted by molar-refractivity contribution is 0.399. The van der Waals surface area contributed by atoms with E-state index >= 15 is 0 Å². The van der Waals surface area contributed by atoms with Gasteiger partial charge < -0.3 is 14.5 Å². The Bertz CT molecular complexity index is 1030. The molecule has 0 saturated heterocycles. The molecule has 0 spiro atoms. The number of rotatable bonds is 6. The predicted molar refractivity (Wildman–Crippen MR) is 107 cm³/mol. The van der Waals surface area contributed by atoms with Gasteiger partial charge in [-0.25, -0.2) is 8.42 Å². The highest BCUT2D eigenvalue weighted by Gasteiger charge is 2.31. The van der Waals surface area contributed by atoms with E-state index in [4.69, 9.17) is 9.15 Å². The fraction of sp³-hybridized carbons (Fsp3) is 0.286. The van der Waals surface area contributed by atoms with Crippen molar-refractivity contribution in [3.8, 4) is 5.75 Å². The Morgan fingerprint density at radius 2 is 1.68 bits per heavy atom. The number of oxazole rings is 1. The minimum Gasteiger partial charge on any atom is -0.497 e. The lowest BCUT2D eigenvalue weighted by Crippen LogP contribution is -2.12. The minimum atomic E-state index is -3.86. The number of aromatic nitrogens is 1. The number of methoxy groups -OCH3 is 1. The molecule has 3 aromatic rings. The summed E-state index contributed by atoms with van der Waals surface area (Å²) in [4.78, 5) is 4.47. The predicted octanol–water partition coefficient (Wildman–Crippen LogP) is 4.43. The molecule has 0 fully saturated rings. The lowest BCUT2D eigenvalue weighted by atomic mass is 9.97. The van der Waals surface area contributed by atoms with Gasteiger partial charge in [0.2, 0.25) is 26.6 Å². The Morgan fingerprint density at radius 1 is 1.04 bits per heavy atom. The number of nitrogens with one attached hydrogen (secondary N) is 1. The van der Waals surface area contributed by atoms with Gasteiger partial charge in [-0.05, 0) is 29.8 Å². The van der Waals surface area contributed by atoms with Gasteiger partial charge in [0.1, 0.15) is 5.75 Å². The second-order valence-corrected chi connectivity index (χ2v) is 9.29. The molecule has 0 bridgehead atoms. The van der Waals surface area contributed by atoms with Crippen LogP contribution in [0.3, 0.4) is 0 Å². The van der Waals surface area contributed by atoms with Crippen molar-refractivity contribution < 1.29 is 17.6 Å². The van der Waals surface area contributed by atoms with Crippen LogP contribution in [0.4, 0.5) is 5.88 Å². The summed E-state index contributed by atoms with van der Waals surface area (Å²) in [6.45, 7) is 6.18. The van der Waals surface area contributed by atoms with Crippen molar-refractivity contribution in [2.45, 2.75) is 42.7 Å². The first kappa shape index (κ1) is 19.9. The normalized spacial score (nSPS) is 12.0. The Kier molecular flexibility index (Phi) is 5.47. The molecule has 0 radical (unpaired) electrons. The number of hydrogen-bond donors (Lipinski definition) is 1. The molecule has 148 valence electrons. The summed E-state index contributed by atoms with van der Waals surface area (Å²) in [5.41, 5.74) is 0.570. The first-order chi connectivity index (χ1) is 13.2. The van der Waals surface area contributed by atoms with E-state index < -0.39 is 15.3 Å². The highest BCUT2D eigenvalue weighted by atomic mass is 32.2. The first-order valence-electron chi connectivity index (χ1n) is 8.90. The van der Waals surface area contributed by atoms with Crippen LogP contribution < -0.4 is 10.1 Å². The van der Waals surface area contributed by atoms with E-state index in [1.807, 2.05) is 51.1 Å². The summed E-state index contributed by atoms with van der Waals surface area (Å²) in [6.07, 6.45) is 0. The van der Waals surface area contributed by atoms with Crippen LogP contribution in [-0.2, 0) is 21.8 Å². The highest BCUT2D eigenvalue weighted by Crippen LogP contribution is 2.33. The molecule has 28 heavy (non-hydrogen) atoms. The maximum atomic E-state index is 13.2. The van der Waals surface area contributed by atoms with Crippen LogP contribution in [0.25, 0.3) is 0 Å². The first-order valence-corrected chi connectivity index (χ1v) is 10.4. The molecule has 0 unspecified atom stereocenters. The van der Waals surface area contributed by atoms with E-state index in [1.165, 1.54) is 19.2 Å². The zero-order valence-electron chi connectivity index (χ0n) is 16.4. The highest BCUT2D eigenvalue weighted by molar-refractivity contribution is 7.91. The summed E-state index contributed by atoms with van der Waals surface area (Å²) in [5.74, 6) is 1.08. The molecule has 2 aromatic carbocycles. The second-order valence-electron chi connectivity index (χ2n) is 7.42. The average molecular weight is 401 g/mol. The van der Waals surface area contributed by atoms with Gasteiger partial charge in [-0.1, -0.05) is 51.1 Å². The Labute approximate surface area is 165 Å². The maximum Gasteiger partial charge on any atom is 0.233 e. The summed E-state index contributed by atoms with van der Waals surface area (Å²) in [5, 5.41) is 2.97. The van der Waals surface area contributed by atoms with Crippen LogP contribution in [0.1, 0.15) is 32.2 Å². The van der Waals surface area contributed by atoms with Gasteiger partial charge in [-0.2, -0.15) is 4.98 Å². The van der Waals surface area contributed by atoms with Crippen molar-refractivity contribution in [3.63, 3.8) is 0 Å². The number of ether oxygens (including phenoxy) is 1. The third-order valence-corrected chi connectivity index (χ3v) is 5.84. The van der Waals surface area contributed by atoms with Gasteiger partial charge in [0, 0.05) is 12.0 Å². The maximum absolute atomic E-state index is 13.2. The number of benzene rings is 2. The van der Waals surface area contributed by atoms with E-state index in [-0.39, 0.29) is 15.8 Å². The molecule has 0 saturated carbocycles. The fourth-order valence-corrected chi connectivity index (χ4v) is 3.84. The van der Waals surface area contributed by atoms with Crippen LogP contribution in [0, 0.1) is 0 Å². The zero-order valence-corrected chi connectivity index (χ0v) is 17.2. The van der Waals surface area contributed by atoms with Crippen molar-refractivity contribution in [2.24, 2.45) is 0 Å². The summed E-state index contributed by atoms with van der Waals surface area (Å²) in [6, 6.07) is 15.9. The number of hydrogen-bond acceptors (Lipinski definition) is 6.